The predicted molar refractivity (Wildman–Crippen MR) is 91.8 cm³/mol. The maximum absolute atomic E-state index is 8.56. The van der Waals surface area contributed by atoms with E-state index in [1.54, 1.807) is 0 Å². The standard InChI is InChI=1S/C18H22O.CH2O3/c1-13(2)15-5-9-17(10-6-15)19-18-11-7-16(8-12-18)14(3)4;2-1(3)4/h5-14H,1-4H3;(H2,2,3,4). The van der Waals surface area contributed by atoms with Gasteiger partial charge in [-0.25, -0.2) is 4.79 Å². The minimum atomic E-state index is -1.83. The van der Waals surface area contributed by atoms with E-state index in [4.69, 9.17) is 19.7 Å². The fourth-order valence-corrected chi connectivity index (χ4v) is 1.98. The molecule has 124 valence electrons. The molecule has 4 nitrogen and oxygen atoms in total. The topological polar surface area (TPSA) is 66.8 Å². The molecule has 0 bridgehead atoms. The molecular formula is C19H24O4. The second-order valence-corrected chi connectivity index (χ2v) is 5.83. The van der Waals surface area contributed by atoms with E-state index < -0.39 is 6.16 Å². The minimum Gasteiger partial charge on any atom is -0.457 e. The smallest absolute Gasteiger partial charge is 0.457 e. The van der Waals surface area contributed by atoms with Crippen molar-refractivity contribution in [3.63, 3.8) is 0 Å². The van der Waals surface area contributed by atoms with Gasteiger partial charge in [0, 0.05) is 0 Å². The summed E-state index contributed by atoms with van der Waals surface area (Å²) >= 11 is 0. The highest BCUT2D eigenvalue weighted by atomic mass is 16.6. The van der Waals surface area contributed by atoms with Crippen molar-refractivity contribution < 1.29 is 19.7 Å². The summed E-state index contributed by atoms with van der Waals surface area (Å²) in [6.45, 7) is 8.78. The largest absolute Gasteiger partial charge is 0.503 e. The van der Waals surface area contributed by atoms with Gasteiger partial charge in [0.25, 0.3) is 0 Å². The molecule has 2 rings (SSSR count). The molecular weight excluding hydrogens is 292 g/mol. The summed E-state index contributed by atoms with van der Waals surface area (Å²) in [6, 6.07) is 16.6. The Hall–Kier alpha value is -2.49. The maximum Gasteiger partial charge on any atom is 0.503 e. The van der Waals surface area contributed by atoms with Crippen LogP contribution in [-0.2, 0) is 0 Å². The third-order valence-corrected chi connectivity index (χ3v) is 3.33. The number of carbonyl (C=O) groups is 1. The van der Waals surface area contributed by atoms with Crippen molar-refractivity contribution in [1.82, 2.24) is 0 Å². The summed E-state index contributed by atoms with van der Waals surface area (Å²) in [7, 11) is 0. The molecule has 0 atom stereocenters. The molecule has 4 heteroatoms. The first-order chi connectivity index (χ1) is 10.8. The van der Waals surface area contributed by atoms with Crippen LogP contribution in [0, 0.1) is 0 Å². The van der Waals surface area contributed by atoms with E-state index in [0.29, 0.717) is 11.8 Å². The number of carboxylic acid groups (broad SMARTS) is 2. The molecule has 2 aromatic carbocycles. The van der Waals surface area contributed by atoms with Gasteiger partial charge in [0.15, 0.2) is 0 Å². The Balaban J connectivity index is 0.000000593. The highest BCUT2D eigenvalue weighted by molar-refractivity contribution is 5.53. The lowest BCUT2D eigenvalue weighted by molar-refractivity contribution is 0.137. The zero-order chi connectivity index (χ0) is 17.4. The molecule has 0 radical (unpaired) electrons. The maximum atomic E-state index is 8.56. The van der Waals surface area contributed by atoms with Crippen LogP contribution in [0.1, 0.15) is 50.7 Å². The molecule has 0 aromatic heterocycles. The first kappa shape index (κ1) is 18.6. The molecule has 23 heavy (non-hydrogen) atoms. The average Bonchev–Trinajstić information content (AvgIpc) is 2.47. The molecule has 0 saturated carbocycles. The van der Waals surface area contributed by atoms with Gasteiger partial charge >= 0.3 is 6.16 Å². The summed E-state index contributed by atoms with van der Waals surface area (Å²) in [5.41, 5.74) is 2.67. The van der Waals surface area contributed by atoms with Gasteiger partial charge in [0.05, 0.1) is 0 Å². The molecule has 0 saturated heterocycles. The number of hydrogen-bond acceptors (Lipinski definition) is 2. The second kappa shape index (κ2) is 8.83. The Bertz CT molecular complexity index is 545. The molecule has 0 aliphatic carbocycles. The number of benzene rings is 2. The van der Waals surface area contributed by atoms with Crippen molar-refractivity contribution in [2.24, 2.45) is 0 Å². The second-order valence-electron chi connectivity index (χ2n) is 5.83. The predicted octanol–water partition coefficient (Wildman–Crippen LogP) is 5.95. The summed E-state index contributed by atoms with van der Waals surface area (Å²) < 4.78 is 5.85. The summed E-state index contributed by atoms with van der Waals surface area (Å²) in [5, 5.41) is 13.9. The van der Waals surface area contributed by atoms with Gasteiger partial charge in [-0.1, -0.05) is 52.0 Å². The van der Waals surface area contributed by atoms with Gasteiger partial charge in [0.2, 0.25) is 0 Å². The molecule has 0 aliphatic heterocycles. The van der Waals surface area contributed by atoms with Crippen molar-refractivity contribution in [3.8, 4) is 11.5 Å². The SMILES string of the molecule is CC(C)c1ccc(Oc2ccc(C(C)C)cc2)cc1.O=C(O)O. The van der Waals surface area contributed by atoms with Gasteiger partial charge in [-0.3, -0.25) is 0 Å². The van der Waals surface area contributed by atoms with Crippen LogP contribution in [0.15, 0.2) is 48.5 Å². The van der Waals surface area contributed by atoms with Crippen LogP contribution >= 0.6 is 0 Å². The zero-order valence-corrected chi connectivity index (χ0v) is 14.0. The number of ether oxygens (including phenoxy) is 1. The van der Waals surface area contributed by atoms with Gasteiger partial charge in [-0.05, 0) is 47.2 Å². The molecule has 0 fully saturated rings. The highest BCUT2D eigenvalue weighted by Gasteiger charge is 2.02. The van der Waals surface area contributed by atoms with E-state index in [2.05, 4.69) is 52.0 Å². The first-order valence-electron chi connectivity index (χ1n) is 7.59. The molecule has 0 unspecified atom stereocenters. The van der Waals surface area contributed by atoms with Crippen LogP contribution in [0.25, 0.3) is 0 Å². The molecule has 2 N–H and O–H groups in total. The fraction of sp³-hybridized carbons (Fsp3) is 0.316. The Labute approximate surface area is 137 Å². The van der Waals surface area contributed by atoms with Crippen LogP contribution < -0.4 is 4.74 Å². The zero-order valence-electron chi connectivity index (χ0n) is 14.0. The lowest BCUT2D eigenvalue weighted by atomic mass is 10.0. The Kier molecular flexibility index (Phi) is 7.13. The Morgan fingerprint density at radius 1 is 0.739 bits per heavy atom. The third-order valence-electron chi connectivity index (χ3n) is 3.33. The van der Waals surface area contributed by atoms with E-state index >= 15 is 0 Å². The number of rotatable bonds is 4. The van der Waals surface area contributed by atoms with Gasteiger partial charge in [-0.15, -0.1) is 0 Å². The quantitative estimate of drug-likeness (QED) is 0.731. The van der Waals surface area contributed by atoms with Crippen LogP contribution in [0.3, 0.4) is 0 Å². The van der Waals surface area contributed by atoms with Crippen LogP contribution in [-0.4, -0.2) is 16.4 Å². The van der Waals surface area contributed by atoms with Crippen molar-refractivity contribution in [2.75, 3.05) is 0 Å². The van der Waals surface area contributed by atoms with Crippen molar-refractivity contribution in [1.29, 1.82) is 0 Å². The van der Waals surface area contributed by atoms with Crippen LogP contribution in [0.5, 0.6) is 11.5 Å². The summed E-state index contributed by atoms with van der Waals surface area (Å²) in [5.74, 6) is 2.89. The van der Waals surface area contributed by atoms with Gasteiger partial charge in [-0.2, -0.15) is 0 Å². The molecule has 0 spiro atoms. The fourth-order valence-electron chi connectivity index (χ4n) is 1.98. The summed E-state index contributed by atoms with van der Waals surface area (Å²) in [6.07, 6.45) is -1.83. The molecule has 0 heterocycles. The first-order valence-corrected chi connectivity index (χ1v) is 7.59. The molecule has 0 amide bonds. The lowest BCUT2D eigenvalue weighted by Crippen LogP contribution is -1.90. The van der Waals surface area contributed by atoms with Crippen LogP contribution in [0.2, 0.25) is 0 Å². The normalized spacial score (nSPS) is 10.2. The van der Waals surface area contributed by atoms with Crippen LogP contribution in [0.4, 0.5) is 4.79 Å². The van der Waals surface area contributed by atoms with E-state index in [9.17, 15) is 0 Å². The Morgan fingerprint density at radius 3 is 1.22 bits per heavy atom. The highest BCUT2D eigenvalue weighted by Crippen LogP contribution is 2.25. The minimum absolute atomic E-state index is 0.555. The van der Waals surface area contributed by atoms with Gasteiger partial charge in [0.1, 0.15) is 11.5 Å². The number of hydrogen-bond donors (Lipinski definition) is 2. The summed E-state index contributed by atoms with van der Waals surface area (Å²) in [4.78, 5) is 8.56. The van der Waals surface area contributed by atoms with Crippen molar-refractivity contribution in [2.45, 2.75) is 39.5 Å². The van der Waals surface area contributed by atoms with E-state index in [-0.39, 0.29) is 0 Å². The lowest BCUT2D eigenvalue weighted by Gasteiger charge is -2.10. The van der Waals surface area contributed by atoms with E-state index in [1.807, 2.05) is 24.3 Å². The average molecular weight is 316 g/mol. The third kappa shape index (κ3) is 6.87. The van der Waals surface area contributed by atoms with Crippen molar-refractivity contribution in [3.05, 3.63) is 59.7 Å². The van der Waals surface area contributed by atoms with Crippen molar-refractivity contribution >= 4 is 6.16 Å². The monoisotopic (exact) mass is 316 g/mol. The van der Waals surface area contributed by atoms with E-state index in [1.165, 1.54) is 11.1 Å². The van der Waals surface area contributed by atoms with E-state index in [0.717, 1.165) is 11.5 Å². The Morgan fingerprint density at radius 2 is 1.00 bits per heavy atom. The van der Waals surface area contributed by atoms with Gasteiger partial charge < -0.3 is 14.9 Å². The molecule has 0 aliphatic rings. The molecule has 2 aromatic rings.